The van der Waals surface area contributed by atoms with E-state index in [-0.39, 0.29) is 24.7 Å². The van der Waals surface area contributed by atoms with Gasteiger partial charge in [0.25, 0.3) is 5.91 Å². The summed E-state index contributed by atoms with van der Waals surface area (Å²) in [7, 11) is 0. The predicted molar refractivity (Wildman–Crippen MR) is 123 cm³/mol. The third-order valence-electron chi connectivity index (χ3n) is 6.28. The Kier molecular flexibility index (Phi) is 6.72. The second kappa shape index (κ2) is 9.85. The third kappa shape index (κ3) is 5.05. The van der Waals surface area contributed by atoms with Gasteiger partial charge in [-0.25, -0.2) is 4.79 Å². The molecule has 4 rings (SSSR count). The van der Waals surface area contributed by atoms with Crippen LogP contribution >= 0.6 is 0 Å². The summed E-state index contributed by atoms with van der Waals surface area (Å²) in [6.07, 6.45) is 0.717. The normalized spacial score (nSPS) is 20.6. The molecular formula is C25H28N4O4. The summed E-state index contributed by atoms with van der Waals surface area (Å²) in [5.74, 6) is -0.662. The highest BCUT2D eigenvalue weighted by atomic mass is 16.2. The number of nitrogens with zero attached hydrogens (tertiary/aromatic N) is 2. The summed E-state index contributed by atoms with van der Waals surface area (Å²) < 4.78 is 0. The SMILES string of the molecule is CCN1CCN(C(=O)CCC2NC(=O)NC2=O)C(Cc2ccc(-c3ccccc3)cc2)C1=O. The summed E-state index contributed by atoms with van der Waals surface area (Å²) >= 11 is 0. The van der Waals surface area contributed by atoms with Gasteiger partial charge in [0.15, 0.2) is 0 Å². The fourth-order valence-corrected chi connectivity index (χ4v) is 4.41. The molecule has 0 aromatic heterocycles. The number of benzene rings is 2. The maximum Gasteiger partial charge on any atom is 0.322 e. The van der Waals surface area contributed by atoms with Crippen LogP contribution in [0, 0.1) is 0 Å². The molecule has 0 aliphatic carbocycles. The minimum Gasteiger partial charge on any atom is -0.339 e. The zero-order chi connectivity index (χ0) is 23.4. The van der Waals surface area contributed by atoms with Gasteiger partial charge in [0, 0.05) is 32.5 Å². The molecule has 33 heavy (non-hydrogen) atoms. The van der Waals surface area contributed by atoms with Crippen LogP contribution in [0.5, 0.6) is 0 Å². The van der Waals surface area contributed by atoms with Gasteiger partial charge in [0.1, 0.15) is 12.1 Å². The van der Waals surface area contributed by atoms with Crippen LogP contribution in [-0.4, -0.2) is 65.3 Å². The number of piperazine rings is 1. The highest BCUT2D eigenvalue weighted by Gasteiger charge is 2.37. The summed E-state index contributed by atoms with van der Waals surface area (Å²) in [6, 6.07) is 16.3. The molecule has 172 valence electrons. The Morgan fingerprint density at radius 3 is 2.30 bits per heavy atom. The molecule has 2 aliphatic rings. The fraction of sp³-hybridized carbons (Fsp3) is 0.360. The van der Waals surface area contributed by atoms with Gasteiger partial charge in [-0.15, -0.1) is 0 Å². The molecule has 2 aromatic carbocycles. The standard InChI is InChI=1S/C25H28N4O4/c1-2-28-14-15-29(22(30)13-12-20-23(31)27-25(33)26-20)21(24(28)32)16-17-8-10-19(11-9-17)18-6-4-3-5-7-18/h3-11,20-21H,2,12-16H2,1H3,(H2,26,27,31,33). The van der Waals surface area contributed by atoms with Crippen molar-refractivity contribution in [2.75, 3.05) is 19.6 Å². The van der Waals surface area contributed by atoms with E-state index in [0.29, 0.717) is 26.1 Å². The van der Waals surface area contributed by atoms with E-state index < -0.39 is 24.0 Å². The van der Waals surface area contributed by atoms with Gasteiger partial charge in [0.05, 0.1) is 0 Å². The summed E-state index contributed by atoms with van der Waals surface area (Å²) in [5.41, 5.74) is 3.19. The van der Waals surface area contributed by atoms with Crippen LogP contribution in [0.25, 0.3) is 11.1 Å². The number of imide groups is 1. The molecule has 2 fully saturated rings. The number of rotatable bonds is 7. The lowest BCUT2D eigenvalue weighted by atomic mass is 9.97. The van der Waals surface area contributed by atoms with Crippen molar-refractivity contribution < 1.29 is 19.2 Å². The Labute approximate surface area is 192 Å². The van der Waals surface area contributed by atoms with Crippen LogP contribution in [0.3, 0.4) is 0 Å². The van der Waals surface area contributed by atoms with Crippen LogP contribution in [-0.2, 0) is 20.8 Å². The fourth-order valence-electron chi connectivity index (χ4n) is 4.41. The molecule has 8 heteroatoms. The summed E-state index contributed by atoms with van der Waals surface area (Å²) in [6.45, 7) is 3.47. The van der Waals surface area contributed by atoms with Gasteiger partial charge < -0.3 is 15.1 Å². The van der Waals surface area contributed by atoms with Crippen LogP contribution in [0.1, 0.15) is 25.3 Å². The molecule has 2 atom stereocenters. The topological polar surface area (TPSA) is 98.8 Å². The Morgan fingerprint density at radius 1 is 0.970 bits per heavy atom. The zero-order valence-electron chi connectivity index (χ0n) is 18.6. The third-order valence-corrected chi connectivity index (χ3v) is 6.28. The molecule has 2 heterocycles. The molecule has 2 saturated heterocycles. The Morgan fingerprint density at radius 2 is 1.67 bits per heavy atom. The quantitative estimate of drug-likeness (QED) is 0.633. The minimum atomic E-state index is -0.710. The predicted octanol–water partition coefficient (Wildman–Crippen LogP) is 1.94. The van der Waals surface area contributed by atoms with Gasteiger partial charge in [-0.2, -0.15) is 0 Å². The first-order valence-electron chi connectivity index (χ1n) is 11.3. The highest BCUT2D eigenvalue weighted by Crippen LogP contribution is 2.22. The minimum absolute atomic E-state index is 0.0591. The lowest BCUT2D eigenvalue weighted by Gasteiger charge is -2.40. The number of urea groups is 1. The zero-order valence-corrected chi connectivity index (χ0v) is 18.6. The maximum absolute atomic E-state index is 13.1. The van der Waals surface area contributed by atoms with E-state index in [1.54, 1.807) is 9.80 Å². The van der Waals surface area contributed by atoms with Crippen LogP contribution in [0.2, 0.25) is 0 Å². The average Bonchev–Trinajstić information content (AvgIpc) is 3.16. The molecule has 2 aliphatic heterocycles. The van der Waals surface area contributed by atoms with E-state index in [0.717, 1.165) is 16.7 Å². The summed E-state index contributed by atoms with van der Waals surface area (Å²) in [5, 5.41) is 4.68. The van der Waals surface area contributed by atoms with Gasteiger partial charge >= 0.3 is 6.03 Å². The van der Waals surface area contributed by atoms with Gasteiger partial charge in [-0.3, -0.25) is 19.7 Å². The molecule has 0 spiro atoms. The molecule has 2 aromatic rings. The molecule has 2 unspecified atom stereocenters. The number of likely N-dealkylation sites (N-methyl/N-ethyl adjacent to an activating group) is 1. The van der Waals surface area contributed by atoms with E-state index >= 15 is 0 Å². The van der Waals surface area contributed by atoms with E-state index in [1.165, 1.54) is 0 Å². The molecule has 0 radical (unpaired) electrons. The number of carbonyl (C=O) groups excluding carboxylic acids is 4. The van der Waals surface area contributed by atoms with Crippen LogP contribution in [0.15, 0.2) is 54.6 Å². The number of hydrogen-bond acceptors (Lipinski definition) is 4. The lowest BCUT2D eigenvalue weighted by molar-refractivity contribution is -0.151. The first-order chi connectivity index (χ1) is 16.0. The van der Waals surface area contributed by atoms with Crippen molar-refractivity contribution in [1.82, 2.24) is 20.4 Å². The van der Waals surface area contributed by atoms with Gasteiger partial charge in [0.2, 0.25) is 11.8 Å². The molecule has 0 bridgehead atoms. The number of carbonyl (C=O) groups is 4. The highest BCUT2D eigenvalue weighted by molar-refractivity contribution is 6.04. The number of hydrogen-bond donors (Lipinski definition) is 2. The molecule has 0 saturated carbocycles. The van der Waals surface area contributed by atoms with E-state index in [1.807, 2.05) is 61.5 Å². The Bertz CT molecular complexity index is 1040. The largest absolute Gasteiger partial charge is 0.339 e. The number of amides is 5. The molecular weight excluding hydrogens is 420 g/mol. The molecule has 5 amide bonds. The molecule has 2 N–H and O–H groups in total. The van der Waals surface area contributed by atoms with E-state index in [2.05, 4.69) is 10.6 Å². The van der Waals surface area contributed by atoms with Crippen LogP contribution in [0.4, 0.5) is 4.79 Å². The second-order valence-corrected chi connectivity index (χ2v) is 8.34. The Balaban J connectivity index is 1.46. The van der Waals surface area contributed by atoms with Crippen molar-refractivity contribution >= 4 is 23.8 Å². The van der Waals surface area contributed by atoms with Crippen molar-refractivity contribution in [2.24, 2.45) is 0 Å². The summed E-state index contributed by atoms with van der Waals surface area (Å²) in [4.78, 5) is 52.6. The van der Waals surface area contributed by atoms with E-state index in [4.69, 9.17) is 0 Å². The van der Waals surface area contributed by atoms with E-state index in [9.17, 15) is 19.2 Å². The van der Waals surface area contributed by atoms with Crippen molar-refractivity contribution in [2.45, 2.75) is 38.3 Å². The number of nitrogens with one attached hydrogen (secondary N) is 2. The monoisotopic (exact) mass is 448 g/mol. The van der Waals surface area contributed by atoms with Crippen molar-refractivity contribution in [3.05, 3.63) is 60.2 Å². The van der Waals surface area contributed by atoms with Gasteiger partial charge in [-0.05, 0) is 30.0 Å². The van der Waals surface area contributed by atoms with Crippen molar-refractivity contribution in [3.8, 4) is 11.1 Å². The first-order valence-corrected chi connectivity index (χ1v) is 11.3. The average molecular weight is 449 g/mol. The second-order valence-electron chi connectivity index (χ2n) is 8.34. The Hall–Kier alpha value is -3.68. The smallest absolute Gasteiger partial charge is 0.322 e. The maximum atomic E-state index is 13.1. The van der Waals surface area contributed by atoms with Crippen molar-refractivity contribution in [3.63, 3.8) is 0 Å². The first kappa shape index (κ1) is 22.5. The lowest BCUT2D eigenvalue weighted by Crippen LogP contribution is -2.59. The van der Waals surface area contributed by atoms with Crippen molar-refractivity contribution in [1.29, 1.82) is 0 Å². The van der Waals surface area contributed by atoms with Crippen LogP contribution < -0.4 is 10.6 Å². The van der Waals surface area contributed by atoms with Gasteiger partial charge in [-0.1, -0.05) is 54.6 Å². The molecule has 8 nitrogen and oxygen atoms in total.